The molecule has 0 radical (unpaired) electrons. The molecule has 0 amide bonds. The van der Waals surface area contributed by atoms with Crippen molar-refractivity contribution in [2.75, 3.05) is 6.54 Å². The van der Waals surface area contributed by atoms with E-state index in [1.54, 1.807) is 6.07 Å². The van der Waals surface area contributed by atoms with Gasteiger partial charge < -0.3 is 10.1 Å². The second-order valence-electron chi connectivity index (χ2n) is 5.26. The van der Waals surface area contributed by atoms with Gasteiger partial charge in [0.05, 0.1) is 0 Å². The van der Waals surface area contributed by atoms with Crippen LogP contribution in [0.25, 0.3) is 0 Å². The van der Waals surface area contributed by atoms with Gasteiger partial charge in [-0.15, -0.1) is 13.2 Å². The maximum atomic E-state index is 12.3. The largest absolute Gasteiger partial charge is 0.573 e. The lowest BCUT2D eigenvalue weighted by atomic mass is 9.86. The molecular weight excluding hydrogens is 267 g/mol. The van der Waals surface area contributed by atoms with E-state index in [1.807, 2.05) is 13.0 Å². The van der Waals surface area contributed by atoms with Gasteiger partial charge in [0.25, 0.3) is 0 Å². The van der Waals surface area contributed by atoms with Gasteiger partial charge in [0.15, 0.2) is 0 Å². The smallest absolute Gasteiger partial charge is 0.406 e. The lowest BCUT2D eigenvalue weighted by Gasteiger charge is -2.28. The highest BCUT2D eigenvalue weighted by Gasteiger charge is 2.31. The summed E-state index contributed by atoms with van der Waals surface area (Å²) in [5.74, 6) is 0.552. The zero-order valence-corrected chi connectivity index (χ0v) is 12.3. The van der Waals surface area contributed by atoms with Crippen LogP contribution in [0.2, 0.25) is 0 Å². The van der Waals surface area contributed by atoms with Crippen LogP contribution in [0.1, 0.15) is 39.3 Å². The summed E-state index contributed by atoms with van der Waals surface area (Å²) in [5.41, 5.74) is 0.815. The average Bonchev–Trinajstić information content (AvgIpc) is 2.33. The Labute approximate surface area is 118 Å². The van der Waals surface area contributed by atoms with Crippen molar-refractivity contribution in [3.8, 4) is 5.75 Å². The quantitative estimate of drug-likeness (QED) is 0.831. The number of rotatable bonds is 6. The summed E-state index contributed by atoms with van der Waals surface area (Å²) in [7, 11) is 0. The Balaban J connectivity index is 2.99. The summed E-state index contributed by atoms with van der Waals surface area (Å²) in [6.07, 6.45) is -4.66. The van der Waals surface area contributed by atoms with Crippen LogP contribution in [0.5, 0.6) is 5.75 Å². The number of nitrogens with one attached hydrogen (secondary N) is 1. The zero-order valence-electron chi connectivity index (χ0n) is 12.3. The van der Waals surface area contributed by atoms with Crippen LogP contribution in [0.4, 0.5) is 13.2 Å². The Bertz CT molecular complexity index is 418. The minimum Gasteiger partial charge on any atom is -0.406 e. The summed E-state index contributed by atoms with van der Waals surface area (Å²) >= 11 is 0. The van der Waals surface area contributed by atoms with Crippen molar-refractivity contribution in [2.45, 2.75) is 40.1 Å². The van der Waals surface area contributed by atoms with Crippen LogP contribution >= 0.6 is 0 Å². The Morgan fingerprint density at radius 2 is 1.85 bits per heavy atom. The molecule has 2 unspecified atom stereocenters. The van der Waals surface area contributed by atoms with Crippen molar-refractivity contribution in [3.05, 3.63) is 29.8 Å². The predicted octanol–water partition coefficient (Wildman–Crippen LogP) is 4.53. The first-order chi connectivity index (χ1) is 9.24. The molecule has 20 heavy (non-hydrogen) atoms. The van der Waals surface area contributed by atoms with Gasteiger partial charge in [0, 0.05) is 6.04 Å². The van der Waals surface area contributed by atoms with Crippen molar-refractivity contribution >= 4 is 0 Å². The number of ether oxygens (including phenoxy) is 1. The van der Waals surface area contributed by atoms with Gasteiger partial charge in [-0.2, -0.15) is 0 Å². The molecule has 0 bridgehead atoms. The molecule has 0 saturated carbocycles. The predicted molar refractivity (Wildman–Crippen MR) is 73.5 cm³/mol. The molecule has 0 aromatic heterocycles. The number of hydrogen-bond donors (Lipinski definition) is 1. The molecule has 1 aromatic rings. The van der Waals surface area contributed by atoms with Gasteiger partial charge in [-0.25, -0.2) is 0 Å². The van der Waals surface area contributed by atoms with Crippen molar-refractivity contribution in [1.29, 1.82) is 0 Å². The van der Waals surface area contributed by atoms with Gasteiger partial charge in [-0.3, -0.25) is 0 Å². The molecule has 1 aromatic carbocycles. The SMILES string of the molecule is CCNC(c1cccc(OC(F)(F)F)c1)C(C)C(C)C. The number of halogens is 3. The standard InChI is InChI=1S/C15H22F3NO/c1-5-19-14(11(4)10(2)3)12-7-6-8-13(9-12)20-15(16,17)18/h6-11,14,19H,5H2,1-4H3. The summed E-state index contributed by atoms with van der Waals surface area (Å²) < 4.78 is 40.8. The van der Waals surface area contributed by atoms with Crippen LogP contribution in [-0.4, -0.2) is 12.9 Å². The molecule has 0 heterocycles. The van der Waals surface area contributed by atoms with E-state index in [9.17, 15) is 13.2 Å². The highest BCUT2D eigenvalue weighted by molar-refractivity contribution is 5.31. The topological polar surface area (TPSA) is 21.3 Å². The van der Waals surface area contributed by atoms with Crippen LogP contribution in [0.15, 0.2) is 24.3 Å². The van der Waals surface area contributed by atoms with Crippen molar-refractivity contribution in [3.63, 3.8) is 0 Å². The molecule has 2 atom stereocenters. The van der Waals surface area contributed by atoms with E-state index < -0.39 is 6.36 Å². The fraction of sp³-hybridized carbons (Fsp3) is 0.600. The molecule has 1 N–H and O–H groups in total. The zero-order chi connectivity index (χ0) is 15.3. The summed E-state index contributed by atoms with van der Waals surface area (Å²) in [6.45, 7) is 9.04. The highest BCUT2D eigenvalue weighted by Crippen LogP contribution is 2.31. The average molecular weight is 289 g/mol. The molecule has 0 aliphatic carbocycles. The van der Waals surface area contributed by atoms with E-state index in [-0.39, 0.29) is 11.8 Å². The third kappa shape index (κ3) is 5.04. The van der Waals surface area contributed by atoms with Crippen LogP contribution < -0.4 is 10.1 Å². The Morgan fingerprint density at radius 3 is 2.35 bits per heavy atom. The van der Waals surface area contributed by atoms with Gasteiger partial charge in [0.1, 0.15) is 5.75 Å². The van der Waals surface area contributed by atoms with E-state index in [4.69, 9.17) is 0 Å². The fourth-order valence-corrected chi connectivity index (χ4v) is 2.12. The summed E-state index contributed by atoms with van der Waals surface area (Å²) in [4.78, 5) is 0. The monoisotopic (exact) mass is 289 g/mol. The summed E-state index contributed by atoms with van der Waals surface area (Å²) in [6, 6.07) is 6.21. The van der Waals surface area contributed by atoms with Crippen LogP contribution in [0.3, 0.4) is 0 Å². The Hall–Kier alpha value is -1.23. The molecular formula is C15H22F3NO. The molecule has 0 saturated heterocycles. The number of hydrogen-bond acceptors (Lipinski definition) is 2. The molecule has 1 rings (SSSR count). The van der Waals surface area contributed by atoms with Crippen LogP contribution in [0, 0.1) is 11.8 Å². The molecule has 114 valence electrons. The molecule has 5 heteroatoms. The Kier molecular flexibility index (Phi) is 5.87. The third-order valence-electron chi connectivity index (χ3n) is 3.45. The molecule has 0 aliphatic heterocycles. The van der Waals surface area contributed by atoms with Crippen molar-refractivity contribution in [1.82, 2.24) is 5.32 Å². The van der Waals surface area contributed by atoms with Gasteiger partial charge >= 0.3 is 6.36 Å². The maximum Gasteiger partial charge on any atom is 0.573 e. The number of benzene rings is 1. The van der Waals surface area contributed by atoms with Gasteiger partial charge in [-0.1, -0.05) is 39.8 Å². The molecule has 0 spiro atoms. The van der Waals surface area contributed by atoms with Crippen LogP contribution in [-0.2, 0) is 0 Å². The minimum atomic E-state index is -4.66. The molecule has 0 aliphatic rings. The second kappa shape index (κ2) is 6.97. The second-order valence-corrected chi connectivity index (χ2v) is 5.26. The Morgan fingerprint density at radius 1 is 1.20 bits per heavy atom. The van der Waals surface area contributed by atoms with E-state index in [0.717, 1.165) is 12.1 Å². The first kappa shape index (κ1) is 16.8. The van der Waals surface area contributed by atoms with Crippen molar-refractivity contribution < 1.29 is 17.9 Å². The first-order valence-corrected chi connectivity index (χ1v) is 6.83. The fourth-order valence-electron chi connectivity index (χ4n) is 2.12. The van der Waals surface area contributed by atoms with E-state index in [1.165, 1.54) is 12.1 Å². The minimum absolute atomic E-state index is 0.0109. The highest BCUT2D eigenvalue weighted by atomic mass is 19.4. The van der Waals surface area contributed by atoms with Crippen molar-refractivity contribution in [2.24, 2.45) is 11.8 Å². The first-order valence-electron chi connectivity index (χ1n) is 6.83. The maximum absolute atomic E-state index is 12.3. The lowest BCUT2D eigenvalue weighted by molar-refractivity contribution is -0.274. The van der Waals surface area contributed by atoms with Gasteiger partial charge in [0.2, 0.25) is 0 Å². The van der Waals surface area contributed by atoms with E-state index in [2.05, 4.69) is 30.8 Å². The third-order valence-corrected chi connectivity index (χ3v) is 3.45. The normalized spacial score (nSPS) is 15.2. The summed E-state index contributed by atoms with van der Waals surface area (Å²) in [5, 5.41) is 3.33. The van der Waals surface area contributed by atoms with E-state index in [0.29, 0.717) is 11.8 Å². The number of alkyl halides is 3. The van der Waals surface area contributed by atoms with Gasteiger partial charge in [-0.05, 0) is 36.1 Å². The lowest BCUT2D eigenvalue weighted by Crippen LogP contribution is -2.29. The molecule has 2 nitrogen and oxygen atoms in total. The molecule has 0 fully saturated rings. The van der Waals surface area contributed by atoms with E-state index >= 15 is 0 Å².